The second-order valence-electron chi connectivity index (χ2n) is 9.61. The van der Waals surface area contributed by atoms with Crippen LogP contribution in [0.2, 0.25) is 0 Å². The van der Waals surface area contributed by atoms with E-state index in [1.165, 1.54) is 35.5 Å². The van der Waals surface area contributed by atoms with Gasteiger partial charge in [0.2, 0.25) is 0 Å². The normalized spacial score (nSPS) is 16.3. The Morgan fingerprint density at radius 1 is 0.950 bits per heavy atom. The van der Waals surface area contributed by atoms with Gasteiger partial charge in [-0.2, -0.15) is 23.1 Å². The summed E-state index contributed by atoms with van der Waals surface area (Å²) in [7, 11) is 0. The number of benzene rings is 2. The number of aromatic nitrogens is 7. The van der Waals surface area contributed by atoms with Crippen LogP contribution in [-0.2, 0) is 31.3 Å². The average Bonchev–Trinajstić information content (AvgIpc) is 3.59. The quantitative estimate of drug-likeness (QED) is 0.310. The van der Waals surface area contributed by atoms with Crippen molar-refractivity contribution >= 4 is 5.69 Å². The van der Waals surface area contributed by atoms with E-state index >= 15 is 0 Å². The van der Waals surface area contributed by atoms with Gasteiger partial charge in [-0.25, -0.2) is 18.4 Å². The third-order valence-electron chi connectivity index (χ3n) is 6.78. The molecule has 0 saturated carbocycles. The van der Waals surface area contributed by atoms with Crippen molar-refractivity contribution in [3.05, 3.63) is 83.7 Å². The molecule has 4 aromatic rings. The fraction of sp³-hybridized carbons (Fsp3) is 0.400. The summed E-state index contributed by atoms with van der Waals surface area (Å²) in [6.45, 7) is 2.55. The van der Waals surface area contributed by atoms with Crippen molar-refractivity contribution in [2.45, 2.75) is 31.3 Å². The van der Waals surface area contributed by atoms with Crippen LogP contribution in [-0.4, -0.2) is 77.7 Å². The number of rotatable bonds is 9. The lowest BCUT2D eigenvalue weighted by Gasteiger charge is -2.36. The number of halogens is 5. The molecule has 0 aliphatic carbocycles. The van der Waals surface area contributed by atoms with Gasteiger partial charge in [-0.1, -0.05) is 12.1 Å². The third-order valence-corrected chi connectivity index (χ3v) is 6.78. The van der Waals surface area contributed by atoms with Crippen LogP contribution in [0, 0.1) is 11.6 Å². The minimum absolute atomic E-state index is 0.151. The van der Waals surface area contributed by atoms with Crippen LogP contribution in [0.25, 0.3) is 0 Å². The minimum Gasteiger partial charge on any atom is -0.381 e. The van der Waals surface area contributed by atoms with E-state index in [0.717, 1.165) is 16.9 Å². The summed E-state index contributed by atoms with van der Waals surface area (Å²) in [6.07, 6.45) is -1.32. The Labute approximate surface area is 225 Å². The van der Waals surface area contributed by atoms with Crippen molar-refractivity contribution in [3.63, 3.8) is 0 Å². The Balaban J connectivity index is 1.19. The molecule has 2 aromatic carbocycles. The summed E-state index contributed by atoms with van der Waals surface area (Å²) >= 11 is 0. The van der Waals surface area contributed by atoms with Crippen LogP contribution in [0.5, 0.6) is 0 Å². The number of aliphatic hydroxyl groups is 1. The number of hydrogen-bond donors (Lipinski definition) is 1. The standard InChI is InChI=1S/C25H26F5N9O/c26-19-4-5-21(22(27)13-19)24(40,14-38-17-31-16-32-38)15-39-34-23(33-35-39)6-7-36-8-10-37(11-9-36)20-3-1-2-18(12-20)25(28,29)30/h1-5,12-13,16-17,40H,6-11,14-15H2. The fourth-order valence-electron chi connectivity index (χ4n) is 4.71. The van der Waals surface area contributed by atoms with Gasteiger partial charge in [0.05, 0.1) is 18.7 Å². The first-order chi connectivity index (χ1) is 19.1. The minimum atomic E-state index is -4.39. The van der Waals surface area contributed by atoms with Crippen molar-refractivity contribution in [3.8, 4) is 0 Å². The number of anilines is 1. The molecule has 3 heterocycles. The molecule has 1 N–H and O–H groups in total. The number of alkyl halides is 3. The maximum absolute atomic E-state index is 14.6. The number of tetrazole rings is 1. The molecule has 10 nitrogen and oxygen atoms in total. The summed E-state index contributed by atoms with van der Waals surface area (Å²) < 4.78 is 68.7. The predicted octanol–water partition coefficient (Wildman–Crippen LogP) is 2.51. The monoisotopic (exact) mass is 563 g/mol. The van der Waals surface area contributed by atoms with Crippen molar-refractivity contribution in [1.29, 1.82) is 0 Å². The van der Waals surface area contributed by atoms with Gasteiger partial charge < -0.3 is 10.0 Å². The van der Waals surface area contributed by atoms with Crippen LogP contribution < -0.4 is 4.90 Å². The SMILES string of the molecule is OC(Cn1cncn1)(Cn1nnc(CCN2CCN(c3cccc(C(F)(F)F)c3)CC2)n1)c1ccc(F)cc1F. The van der Waals surface area contributed by atoms with E-state index in [1.54, 1.807) is 6.07 Å². The smallest absolute Gasteiger partial charge is 0.381 e. The van der Waals surface area contributed by atoms with Crippen LogP contribution in [0.1, 0.15) is 17.0 Å². The lowest BCUT2D eigenvalue weighted by Crippen LogP contribution is -2.47. The van der Waals surface area contributed by atoms with Crippen molar-refractivity contribution in [2.24, 2.45) is 0 Å². The van der Waals surface area contributed by atoms with Crippen LogP contribution >= 0.6 is 0 Å². The number of hydrogen-bond acceptors (Lipinski definition) is 8. The zero-order valence-electron chi connectivity index (χ0n) is 21.2. The van der Waals surface area contributed by atoms with Gasteiger partial charge >= 0.3 is 6.18 Å². The molecule has 1 unspecified atom stereocenters. The second kappa shape index (κ2) is 11.3. The Morgan fingerprint density at radius 3 is 2.45 bits per heavy atom. The maximum atomic E-state index is 14.6. The van der Waals surface area contributed by atoms with E-state index < -0.39 is 29.0 Å². The molecule has 0 radical (unpaired) electrons. The first-order valence-corrected chi connectivity index (χ1v) is 12.5. The molecule has 1 fully saturated rings. The third kappa shape index (κ3) is 6.42. The van der Waals surface area contributed by atoms with Crippen molar-refractivity contribution in [1.82, 2.24) is 39.9 Å². The molecule has 0 bridgehead atoms. The highest BCUT2D eigenvalue weighted by atomic mass is 19.4. The molecular formula is C25H26F5N9O. The highest BCUT2D eigenvalue weighted by Gasteiger charge is 2.35. The largest absolute Gasteiger partial charge is 0.416 e. The molecule has 212 valence electrons. The van der Waals surface area contributed by atoms with E-state index in [1.807, 2.05) is 4.90 Å². The molecule has 1 aliphatic heterocycles. The molecule has 15 heteroatoms. The first kappa shape index (κ1) is 27.6. The topological polar surface area (TPSA) is 101 Å². The van der Waals surface area contributed by atoms with Crippen molar-refractivity contribution in [2.75, 3.05) is 37.6 Å². The molecule has 0 spiro atoms. The predicted molar refractivity (Wildman–Crippen MR) is 132 cm³/mol. The zero-order chi connectivity index (χ0) is 28.3. The molecule has 1 atom stereocenters. The zero-order valence-corrected chi connectivity index (χ0v) is 21.2. The van der Waals surface area contributed by atoms with Gasteiger partial charge in [-0.3, -0.25) is 4.90 Å². The van der Waals surface area contributed by atoms with Crippen LogP contribution in [0.3, 0.4) is 0 Å². The number of piperazine rings is 1. The molecular weight excluding hydrogens is 537 g/mol. The summed E-state index contributed by atoms with van der Waals surface area (Å²) in [5.41, 5.74) is -2.17. The average molecular weight is 564 g/mol. The van der Waals surface area contributed by atoms with E-state index in [4.69, 9.17) is 0 Å². The van der Waals surface area contributed by atoms with Crippen LogP contribution in [0.4, 0.5) is 27.6 Å². The molecule has 1 aliphatic rings. The van der Waals surface area contributed by atoms with E-state index in [0.29, 0.717) is 56.7 Å². The molecule has 1 saturated heterocycles. The van der Waals surface area contributed by atoms with Crippen LogP contribution in [0.15, 0.2) is 55.1 Å². The maximum Gasteiger partial charge on any atom is 0.416 e. The van der Waals surface area contributed by atoms with E-state index in [2.05, 4.69) is 30.4 Å². The Hall–Kier alpha value is -3.98. The summed E-state index contributed by atoms with van der Waals surface area (Å²) in [6, 6.07) is 8.22. The summed E-state index contributed by atoms with van der Waals surface area (Å²) in [4.78, 5) is 9.06. The second-order valence-corrected chi connectivity index (χ2v) is 9.61. The first-order valence-electron chi connectivity index (χ1n) is 12.5. The van der Waals surface area contributed by atoms with E-state index in [9.17, 15) is 27.1 Å². The van der Waals surface area contributed by atoms with Gasteiger partial charge in [-0.05, 0) is 29.5 Å². The van der Waals surface area contributed by atoms with E-state index in [-0.39, 0.29) is 18.7 Å². The van der Waals surface area contributed by atoms with Gasteiger partial charge in [0.1, 0.15) is 29.9 Å². The highest BCUT2D eigenvalue weighted by Crippen LogP contribution is 2.32. The highest BCUT2D eigenvalue weighted by molar-refractivity contribution is 5.49. The molecule has 2 aromatic heterocycles. The molecule has 0 amide bonds. The summed E-state index contributed by atoms with van der Waals surface area (Å²) in [5.74, 6) is -1.29. The lowest BCUT2D eigenvalue weighted by molar-refractivity contribution is -0.137. The van der Waals surface area contributed by atoms with Gasteiger partial charge in [-0.15, -0.1) is 10.2 Å². The van der Waals surface area contributed by atoms with Gasteiger partial charge in [0.25, 0.3) is 0 Å². The molecule has 40 heavy (non-hydrogen) atoms. The fourth-order valence-corrected chi connectivity index (χ4v) is 4.71. The lowest BCUT2D eigenvalue weighted by atomic mass is 9.93. The Bertz CT molecular complexity index is 1420. The van der Waals surface area contributed by atoms with Crippen molar-refractivity contribution < 1.29 is 27.1 Å². The summed E-state index contributed by atoms with van der Waals surface area (Å²) in [5, 5.41) is 27.8. The number of nitrogens with zero attached hydrogens (tertiary/aromatic N) is 9. The Morgan fingerprint density at radius 2 is 1.75 bits per heavy atom. The molecule has 5 rings (SSSR count). The van der Waals surface area contributed by atoms with Gasteiger partial charge in [0.15, 0.2) is 5.82 Å². The van der Waals surface area contributed by atoms with Gasteiger partial charge in [0, 0.05) is 56.5 Å². The Kier molecular flexibility index (Phi) is 7.76.